The summed E-state index contributed by atoms with van der Waals surface area (Å²) in [4.78, 5) is 32.4. The Labute approximate surface area is 195 Å². The largest absolute Gasteiger partial charge is 0.391 e. The fraction of sp³-hybridized carbons (Fsp3) is 0.478. The summed E-state index contributed by atoms with van der Waals surface area (Å²) >= 11 is 3.41. The molecule has 3 heterocycles. The quantitative estimate of drug-likeness (QED) is 0.650. The first-order valence-electron chi connectivity index (χ1n) is 10.7. The number of aromatic nitrogens is 1. The van der Waals surface area contributed by atoms with E-state index < -0.39 is 23.6 Å². The van der Waals surface area contributed by atoms with E-state index in [0.29, 0.717) is 23.7 Å². The van der Waals surface area contributed by atoms with Crippen LogP contribution >= 0.6 is 15.9 Å². The minimum absolute atomic E-state index is 0.0404. The van der Waals surface area contributed by atoms with Gasteiger partial charge in [0.05, 0.1) is 17.8 Å². The number of hydrogen-bond acceptors (Lipinski definition) is 6. The molecule has 2 aliphatic rings. The van der Waals surface area contributed by atoms with Gasteiger partial charge < -0.3 is 19.8 Å². The number of aliphatic hydroxyl groups is 1. The zero-order chi connectivity index (χ0) is 23.2. The maximum Gasteiger partial charge on any atom is 0.277 e. The summed E-state index contributed by atoms with van der Waals surface area (Å²) in [5.74, 6) is -0.177. The third-order valence-electron chi connectivity index (χ3n) is 6.21. The van der Waals surface area contributed by atoms with E-state index in [1.165, 1.54) is 0 Å². The number of amidine groups is 1. The number of carbonyl (C=O) groups is 2. The van der Waals surface area contributed by atoms with Crippen molar-refractivity contribution >= 4 is 33.6 Å². The molecule has 2 amide bonds. The second-order valence-corrected chi connectivity index (χ2v) is 9.96. The van der Waals surface area contributed by atoms with Gasteiger partial charge in [0, 0.05) is 23.5 Å². The third-order valence-corrected chi connectivity index (χ3v) is 6.74. The molecule has 0 radical (unpaired) electrons. The van der Waals surface area contributed by atoms with E-state index in [9.17, 15) is 14.7 Å². The molecule has 9 heteroatoms. The summed E-state index contributed by atoms with van der Waals surface area (Å²) < 4.78 is 6.32. The molecular weight excluding hydrogens is 476 g/mol. The molecule has 0 saturated carbocycles. The molecule has 0 aliphatic carbocycles. The van der Waals surface area contributed by atoms with Crippen LogP contribution in [0.25, 0.3) is 0 Å². The van der Waals surface area contributed by atoms with Crippen molar-refractivity contribution in [3.63, 3.8) is 0 Å². The van der Waals surface area contributed by atoms with Gasteiger partial charge in [0.1, 0.15) is 23.1 Å². The van der Waals surface area contributed by atoms with Crippen molar-refractivity contribution < 1.29 is 19.2 Å². The van der Waals surface area contributed by atoms with E-state index in [1.807, 2.05) is 45.0 Å². The SMILES string of the molecule is Cc1cc(C(C(=O)N2C[C@H](O)C[C@H]2C2=NC(=O)[C@](C)(c3ccc(Br)cc3)N2)C(C)C)on1. The van der Waals surface area contributed by atoms with Gasteiger partial charge in [-0.1, -0.05) is 47.1 Å². The minimum atomic E-state index is -1.03. The van der Waals surface area contributed by atoms with Crippen LogP contribution in [-0.2, 0) is 15.1 Å². The van der Waals surface area contributed by atoms with E-state index in [0.717, 1.165) is 10.0 Å². The van der Waals surface area contributed by atoms with Gasteiger partial charge in [0.2, 0.25) is 5.91 Å². The highest BCUT2D eigenvalue weighted by Gasteiger charge is 2.48. The number of nitrogens with zero attached hydrogens (tertiary/aromatic N) is 3. The Morgan fingerprint density at radius 2 is 2.03 bits per heavy atom. The van der Waals surface area contributed by atoms with E-state index >= 15 is 0 Å². The number of hydrogen-bond donors (Lipinski definition) is 2. The number of nitrogens with one attached hydrogen (secondary N) is 1. The molecule has 0 spiro atoms. The summed E-state index contributed by atoms with van der Waals surface area (Å²) in [6.07, 6.45) is -0.394. The van der Waals surface area contributed by atoms with Crippen molar-refractivity contribution in [2.75, 3.05) is 6.54 Å². The van der Waals surface area contributed by atoms with E-state index in [1.54, 1.807) is 17.9 Å². The molecule has 4 atom stereocenters. The molecular formula is C23H27BrN4O4. The minimum Gasteiger partial charge on any atom is -0.391 e. The molecule has 1 unspecified atom stereocenters. The molecule has 2 aliphatic heterocycles. The van der Waals surface area contributed by atoms with Crippen LogP contribution in [0.1, 0.15) is 50.1 Å². The van der Waals surface area contributed by atoms with Gasteiger partial charge in [-0.15, -0.1) is 0 Å². The Morgan fingerprint density at radius 3 is 2.62 bits per heavy atom. The first-order valence-corrected chi connectivity index (χ1v) is 11.5. The van der Waals surface area contributed by atoms with Gasteiger partial charge in [0.25, 0.3) is 5.91 Å². The lowest BCUT2D eigenvalue weighted by atomic mass is 9.91. The van der Waals surface area contributed by atoms with Gasteiger partial charge in [-0.3, -0.25) is 9.59 Å². The summed E-state index contributed by atoms with van der Waals surface area (Å²) in [7, 11) is 0. The lowest BCUT2D eigenvalue weighted by Crippen LogP contribution is -2.51. The number of aliphatic hydroxyl groups excluding tert-OH is 1. The highest BCUT2D eigenvalue weighted by molar-refractivity contribution is 9.10. The van der Waals surface area contributed by atoms with E-state index in [4.69, 9.17) is 4.52 Å². The number of benzene rings is 1. The highest BCUT2D eigenvalue weighted by Crippen LogP contribution is 2.34. The van der Waals surface area contributed by atoms with Crippen LogP contribution < -0.4 is 5.32 Å². The van der Waals surface area contributed by atoms with Gasteiger partial charge >= 0.3 is 0 Å². The second kappa shape index (κ2) is 8.44. The van der Waals surface area contributed by atoms with Crippen molar-refractivity contribution in [3.05, 3.63) is 51.8 Å². The van der Waals surface area contributed by atoms with Crippen LogP contribution in [0, 0.1) is 12.8 Å². The van der Waals surface area contributed by atoms with Crippen LogP contribution in [0.4, 0.5) is 0 Å². The number of β-amino-alcohol motifs (C(OH)–C–C–N with tert-alkyl or cyclic N) is 1. The van der Waals surface area contributed by atoms with Gasteiger partial charge in [-0.2, -0.15) is 4.99 Å². The fourth-order valence-corrected chi connectivity index (χ4v) is 4.72. The maximum absolute atomic E-state index is 13.6. The van der Waals surface area contributed by atoms with E-state index in [2.05, 4.69) is 31.4 Å². The number of rotatable bonds is 5. The van der Waals surface area contributed by atoms with Crippen molar-refractivity contribution in [2.45, 2.75) is 57.7 Å². The normalized spacial score (nSPS) is 26.4. The molecule has 32 heavy (non-hydrogen) atoms. The predicted molar refractivity (Wildman–Crippen MR) is 122 cm³/mol. The molecule has 4 rings (SSSR count). The fourth-order valence-electron chi connectivity index (χ4n) is 4.46. The third kappa shape index (κ3) is 3.99. The average Bonchev–Trinajstić information content (AvgIpc) is 3.40. The molecule has 1 fully saturated rings. The number of aliphatic imine (C=N–C) groups is 1. The molecule has 8 nitrogen and oxygen atoms in total. The zero-order valence-electron chi connectivity index (χ0n) is 18.5. The monoisotopic (exact) mass is 502 g/mol. The first-order chi connectivity index (χ1) is 15.1. The molecule has 2 N–H and O–H groups in total. The van der Waals surface area contributed by atoms with Crippen LogP contribution in [0.3, 0.4) is 0 Å². The number of carbonyl (C=O) groups excluding carboxylic acids is 2. The smallest absolute Gasteiger partial charge is 0.277 e. The van der Waals surface area contributed by atoms with E-state index in [-0.39, 0.29) is 24.3 Å². The number of halogens is 1. The summed E-state index contributed by atoms with van der Waals surface area (Å²) in [5.41, 5.74) is 0.449. The Morgan fingerprint density at radius 1 is 1.34 bits per heavy atom. The Hall–Kier alpha value is -2.52. The molecule has 1 aromatic carbocycles. The first kappa shape index (κ1) is 22.7. The van der Waals surface area contributed by atoms with Gasteiger partial charge in [0.15, 0.2) is 0 Å². The number of likely N-dealkylation sites (tertiary alicyclic amines) is 1. The summed E-state index contributed by atoms with van der Waals surface area (Å²) in [5, 5.41) is 17.6. The Kier molecular flexibility index (Phi) is 5.98. The average molecular weight is 503 g/mol. The molecule has 0 bridgehead atoms. The van der Waals surface area contributed by atoms with Crippen LogP contribution in [0.2, 0.25) is 0 Å². The lowest BCUT2D eigenvalue weighted by Gasteiger charge is -2.31. The summed E-state index contributed by atoms with van der Waals surface area (Å²) in [6, 6.07) is 8.71. The second-order valence-electron chi connectivity index (χ2n) is 9.05. The number of amides is 2. The van der Waals surface area contributed by atoms with Crippen LogP contribution in [-0.4, -0.2) is 51.5 Å². The van der Waals surface area contributed by atoms with Crippen molar-refractivity contribution in [2.24, 2.45) is 10.9 Å². The standard InChI is InChI=1S/C23H27BrN4O4/c1-12(2)19(18-9-13(3)27-32-18)21(30)28-11-16(29)10-17(28)20-25-22(31)23(4,26-20)14-5-7-15(24)8-6-14/h5-9,12,16-17,19,29H,10-11H2,1-4H3,(H,25,26,31)/t16-,17+,19?,23+/m1/s1. The Balaban J connectivity index is 1.61. The van der Waals surface area contributed by atoms with Crippen molar-refractivity contribution in [1.82, 2.24) is 15.4 Å². The molecule has 2 aromatic rings. The van der Waals surface area contributed by atoms with Crippen LogP contribution in [0.5, 0.6) is 0 Å². The zero-order valence-corrected chi connectivity index (χ0v) is 20.1. The maximum atomic E-state index is 13.6. The Bertz CT molecular complexity index is 1060. The topological polar surface area (TPSA) is 108 Å². The summed E-state index contributed by atoms with van der Waals surface area (Å²) in [6.45, 7) is 7.65. The highest BCUT2D eigenvalue weighted by atomic mass is 79.9. The lowest BCUT2D eigenvalue weighted by molar-refractivity contribution is -0.134. The molecule has 1 saturated heterocycles. The molecule has 1 aromatic heterocycles. The number of aryl methyl sites for hydroxylation is 1. The van der Waals surface area contributed by atoms with Gasteiger partial charge in [-0.25, -0.2) is 0 Å². The van der Waals surface area contributed by atoms with Crippen LogP contribution in [0.15, 0.2) is 44.3 Å². The predicted octanol–water partition coefficient (Wildman–Crippen LogP) is 2.89. The van der Waals surface area contributed by atoms with Gasteiger partial charge in [-0.05, 0) is 37.5 Å². The van der Waals surface area contributed by atoms with Crippen molar-refractivity contribution in [1.29, 1.82) is 0 Å². The molecule has 170 valence electrons. The van der Waals surface area contributed by atoms with Crippen molar-refractivity contribution in [3.8, 4) is 0 Å².